The van der Waals surface area contributed by atoms with Crippen LogP contribution < -0.4 is 5.32 Å². The number of carbonyl (C=O) groups is 1. The summed E-state index contributed by atoms with van der Waals surface area (Å²) in [5.74, 6) is -0.276. The van der Waals surface area contributed by atoms with E-state index in [1.165, 1.54) is 17.0 Å². The summed E-state index contributed by atoms with van der Waals surface area (Å²) in [5, 5.41) is 4.93. The van der Waals surface area contributed by atoms with Gasteiger partial charge in [0.2, 0.25) is 0 Å². The largest absolute Gasteiger partial charge is 0.338 e. The van der Waals surface area contributed by atoms with Crippen molar-refractivity contribution < 1.29 is 9.18 Å². The molecular weight excluding hydrogens is 287 g/mol. The zero-order chi connectivity index (χ0) is 15.1. The Morgan fingerprint density at radius 2 is 2.19 bits per heavy atom. The molecule has 3 nitrogen and oxygen atoms in total. The highest BCUT2D eigenvalue weighted by Crippen LogP contribution is 2.09. The van der Waals surface area contributed by atoms with Crippen LogP contribution in [0.2, 0.25) is 0 Å². The highest BCUT2D eigenvalue weighted by atomic mass is 32.1. The Hall–Kier alpha value is -1.88. The van der Waals surface area contributed by atoms with Crippen LogP contribution >= 0.6 is 11.3 Å². The molecule has 2 aromatic rings. The molecule has 1 aromatic carbocycles. The maximum atomic E-state index is 13.2. The quantitative estimate of drug-likeness (QED) is 0.868. The number of urea groups is 1. The molecule has 1 heterocycles. The van der Waals surface area contributed by atoms with Crippen molar-refractivity contribution in [3.8, 4) is 0 Å². The standard InChI is InChI=1S/C16H19FN2OS/c1-2-19(12-13-5-3-6-14(17)11-13)16(20)18-9-8-15-7-4-10-21-15/h3-7,10-11H,2,8-9,12H2,1H3,(H,18,20). The molecule has 0 aliphatic heterocycles. The van der Waals surface area contributed by atoms with E-state index in [-0.39, 0.29) is 11.8 Å². The lowest BCUT2D eigenvalue weighted by Gasteiger charge is -2.21. The average Bonchev–Trinajstić information content (AvgIpc) is 2.98. The smallest absolute Gasteiger partial charge is 0.317 e. The van der Waals surface area contributed by atoms with Gasteiger partial charge in [-0.1, -0.05) is 18.2 Å². The van der Waals surface area contributed by atoms with Crippen molar-refractivity contribution in [2.24, 2.45) is 0 Å². The molecule has 21 heavy (non-hydrogen) atoms. The number of amides is 2. The van der Waals surface area contributed by atoms with Gasteiger partial charge in [0, 0.05) is 24.5 Å². The van der Waals surface area contributed by atoms with Crippen LogP contribution in [0.25, 0.3) is 0 Å². The highest BCUT2D eigenvalue weighted by Gasteiger charge is 2.11. The first-order valence-electron chi connectivity index (χ1n) is 6.98. The van der Waals surface area contributed by atoms with Crippen LogP contribution in [0.15, 0.2) is 41.8 Å². The molecule has 0 fully saturated rings. The predicted octanol–water partition coefficient (Wildman–Crippen LogP) is 3.66. The van der Waals surface area contributed by atoms with Crippen molar-refractivity contribution in [3.63, 3.8) is 0 Å². The number of benzene rings is 1. The fourth-order valence-electron chi connectivity index (χ4n) is 2.04. The van der Waals surface area contributed by atoms with E-state index in [1.54, 1.807) is 22.3 Å². The number of hydrogen-bond donors (Lipinski definition) is 1. The van der Waals surface area contributed by atoms with E-state index in [2.05, 4.69) is 11.4 Å². The number of rotatable bonds is 6. The summed E-state index contributed by atoms with van der Waals surface area (Å²) in [6, 6.07) is 10.3. The van der Waals surface area contributed by atoms with Gasteiger partial charge in [0.1, 0.15) is 5.82 Å². The molecule has 0 radical (unpaired) electrons. The molecule has 2 amide bonds. The molecular formula is C16H19FN2OS. The first-order chi connectivity index (χ1) is 10.2. The molecule has 1 aromatic heterocycles. The van der Waals surface area contributed by atoms with Crippen LogP contribution in [0.4, 0.5) is 9.18 Å². The van der Waals surface area contributed by atoms with E-state index in [9.17, 15) is 9.18 Å². The van der Waals surface area contributed by atoms with E-state index in [4.69, 9.17) is 0 Å². The Morgan fingerprint density at radius 3 is 2.86 bits per heavy atom. The van der Waals surface area contributed by atoms with Crippen molar-refractivity contribution in [3.05, 3.63) is 58.0 Å². The first-order valence-corrected chi connectivity index (χ1v) is 7.86. The van der Waals surface area contributed by atoms with Crippen LogP contribution in [0.5, 0.6) is 0 Å². The molecule has 2 rings (SSSR count). The summed E-state index contributed by atoms with van der Waals surface area (Å²) in [5.41, 5.74) is 0.797. The summed E-state index contributed by atoms with van der Waals surface area (Å²) in [7, 11) is 0. The van der Waals surface area contributed by atoms with Crippen LogP contribution in [0.1, 0.15) is 17.4 Å². The minimum Gasteiger partial charge on any atom is -0.338 e. The lowest BCUT2D eigenvalue weighted by Crippen LogP contribution is -2.40. The predicted molar refractivity (Wildman–Crippen MR) is 83.9 cm³/mol. The normalized spacial score (nSPS) is 10.4. The third kappa shape index (κ3) is 4.86. The zero-order valence-corrected chi connectivity index (χ0v) is 12.8. The Morgan fingerprint density at radius 1 is 1.33 bits per heavy atom. The van der Waals surface area contributed by atoms with Gasteiger partial charge in [0.25, 0.3) is 0 Å². The summed E-state index contributed by atoms with van der Waals surface area (Å²) >= 11 is 1.69. The van der Waals surface area contributed by atoms with E-state index in [1.807, 2.05) is 24.4 Å². The van der Waals surface area contributed by atoms with Gasteiger partial charge in [-0.25, -0.2) is 9.18 Å². The summed E-state index contributed by atoms with van der Waals surface area (Å²) < 4.78 is 13.2. The topological polar surface area (TPSA) is 32.3 Å². The highest BCUT2D eigenvalue weighted by molar-refractivity contribution is 7.09. The van der Waals surface area contributed by atoms with Crippen LogP contribution in [-0.4, -0.2) is 24.0 Å². The fourth-order valence-corrected chi connectivity index (χ4v) is 2.75. The fraction of sp³-hybridized carbons (Fsp3) is 0.312. The molecule has 0 aliphatic rings. The third-order valence-corrected chi connectivity index (χ3v) is 4.10. The molecule has 0 saturated carbocycles. The van der Waals surface area contributed by atoms with Crippen molar-refractivity contribution in [2.75, 3.05) is 13.1 Å². The number of nitrogens with one attached hydrogen (secondary N) is 1. The number of hydrogen-bond acceptors (Lipinski definition) is 2. The van der Waals surface area contributed by atoms with E-state index < -0.39 is 0 Å². The molecule has 0 atom stereocenters. The van der Waals surface area contributed by atoms with Gasteiger partial charge in [-0.15, -0.1) is 11.3 Å². The second-order valence-electron chi connectivity index (χ2n) is 4.71. The minimum absolute atomic E-state index is 0.113. The van der Waals surface area contributed by atoms with Crippen molar-refractivity contribution in [1.82, 2.24) is 10.2 Å². The van der Waals surface area contributed by atoms with E-state index in [0.29, 0.717) is 19.6 Å². The molecule has 0 bridgehead atoms. The summed E-state index contributed by atoms with van der Waals surface area (Å²) in [6.45, 7) is 3.53. The minimum atomic E-state index is -0.276. The van der Waals surface area contributed by atoms with Gasteiger partial charge in [-0.2, -0.15) is 0 Å². The van der Waals surface area contributed by atoms with Crippen molar-refractivity contribution in [2.45, 2.75) is 19.9 Å². The summed E-state index contributed by atoms with van der Waals surface area (Å²) in [6.07, 6.45) is 0.834. The first kappa shape index (κ1) is 15.5. The SMILES string of the molecule is CCN(Cc1cccc(F)c1)C(=O)NCCc1cccs1. The maximum absolute atomic E-state index is 13.2. The lowest BCUT2D eigenvalue weighted by atomic mass is 10.2. The second-order valence-corrected chi connectivity index (χ2v) is 5.74. The van der Waals surface area contributed by atoms with E-state index in [0.717, 1.165) is 12.0 Å². The second kappa shape index (κ2) is 7.78. The Labute approximate surface area is 128 Å². The Bertz CT molecular complexity index is 571. The van der Waals surface area contributed by atoms with Gasteiger partial charge in [-0.05, 0) is 42.5 Å². The van der Waals surface area contributed by atoms with Crippen molar-refractivity contribution in [1.29, 1.82) is 0 Å². The monoisotopic (exact) mass is 306 g/mol. The maximum Gasteiger partial charge on any atom is 0.317 e. The van der Waals surface area contributed by atoms with Crippen LogP contribution in [-0.2, 0) is 13.0 Å². The summed E-state index contributed by atoms with van der Waals surface area (Å²) in [4.78, 5) is 15.0. The Kier molecular flexibility index (Phi) is 5.75. The van der Waals surface area contributed by atoms with Gasteiger partial charge in [0.05, 0.1) is 0 Å². The number of halogens is 1. The number of thiophene rings is 1. The molecule has 0 unspecified atom stereocenters. The van der Waals surface area contributed by atoms with Gasteiger partial charge < -0.3 is 10.2 Å². The van der Waals surface area contributed by atoms with E-state index >= 15 is 0 Å². The van der Waals surface area contributed by atoms with Crippen LogP contribution in [0.3, 0.4) is 0 Å². The number of carbonyl (C=O) groups excluding carboxylic acids is 1. The van der Waals surface area contributed by atoms with Gasteiger partial charge >= 0.3 is 6.03 Å². The lowest BCUT2D eigenvalue weighted by molar-refractivity contribution is 0.198. The number of nitrogens with zero attached hydrogens (tertiary/aromatic N) is 1. The zero-order valence-electron chi connectivity index (χ0n) is 12.0. The van der Waals surface area contributed by atoms with Gasteiger partial charge in [0.15, 0.2) is 0 Å². The molecule has 0 saturated heterocycles. The average molecular weight is 306 g/mol. The molecule has 0 spiro atoms. The van der Waals surface area contributed by atoms with Gasteiger partial charge in [-0.3, -0.25) is 0 Å². The van der Waals surface area contributed by atoms with Crippen molar-refractivity contribution >= 4 is 17.4 Å². The molecule has 112 valence electrons. The molecule has 0 aliphatic carbocycles. The third-order valence-electron chi connectivity index (χ3n) is 3.16. The Balaban J connectivity index is 1.83. The molecule has 1 N–H and O–H groups in total. The molecule has 5 heteroatoms. The van der Waals surface area contributed by atoms with Crippen LogP contribution in [0, 0.1) is 5.82 Å².